The number of hydrogen-bond donors (Lipinski definition) is 4. The molecule has 0 fully saturated rings. The quantitative estimate of drug-likeness (QED) is 0.363. The molecule has 3 aromatic rings. The fourth-order valence-electron chi connectivity index (χ4n) is 4.03. The van der Waals surface area contributed by atoms with Gasteiger partial charge in [0.1, 0.15) is 18.2 Å². The highest BCUT2D eigenvalue weighted by Gasteiger charge is 2.46. The van der Waals surface area contributed by atoms with Crippen molar-refractivity contribution in [3.63, 3.8) is 0 Å². The van der Waals surface area contributed by atoms with Crippen molar-refractivity contribution in [1.29, 1.82) is 5.26 Å². The molecule has 12 nitrogen and oxygen atoms in total. The van der Waals surface area contributed by atoms with Gasteiger partial charge >= 0.3 is 7.82 Å². The van der Waals surface area contributed by atoms with Crippen LogP contribution in [-0.4, -0.2) is 69.6 Å². The summed E-state index contributed by atoms with van der Waals surface area (Å²) < 4.78 is 51.7. The molecule has 2 aromatic heterocycles. The number of alkyl halides is 3. The van der Waals surface area contributed by atoms with E-state index in [2.05, 4.69) is 10.1 Å². The lowest BCUT2D eigenvalue weighted by atomic mass is 10.0. The van der Waals surface area contributed by atoms with Crippen LogP contribution >= 0.6 is 7.82 Å². The first-order chi connectivity index (χ1) is 16.7. The molecule has 1 aromatic carbocycles. The number of aliphatic hydroxyl groups is 1. The van der Waals surface area contributed by atoms with Gasteiger partial charge in [-0.1, -0.05) is 0 Å². The van der Waals surface area contributed by atoms with E-state index in [9.17, 15) is 23.1 Å². The molecule has 0 radical (unpaired) electrons. The number of hydrogen-bond acceptors (Lipinski definition) is 6. The van der Waals surface area contributed by atoms with Crippen LogP contribution < -0.4 is 0 Å². The number of halogens is 3. The highest BCUT2D eigenvalue weighted by Crippen LogP contribution is 2.34. The van der Waals surface area contributed by atoms with Gasteiger partial charge in [0.25, 0.3) is 12.3 Å². The van der Waals surface area contributed by atoms with Crippen LogP contribution in [0.4, 0.5) is 13.2 Å². The largest absolute Gasteiger partial charge is 0.466 e. The van der Waals surface area contributed by atoms with Gasteiger partial charge in [-0.25, -0.2) is 22.7 Å². The van der Waals surface area contributed by atoms with E-state index in [-0.39, 0.29) is 19.0 Å². The maximum atomic E-state index is 13.3. The molecular formula is C20H22F3N6O6P. The van der Waals surface area contributed by atoms with Crippen LogP contribution in [0.2, 0.25) is 0 Å². The fourth-order valence-corrected chi connectivity index (χ4v) is 4.03. The van der Waals surface area contributed by atoms with Gasteiger partial charge in [0, 0.05) is 19.0 Å². The summed E-state index contributed by atoms with van der Waals surface area (Å²) in [5.74, 6) is -0.778. The summed E-state index contributed by atoms with van der Waals surface area (Å²) in [6.45, 7) is 0.190. The van der Waals surface area contributed by atoms with Gasteiger partial charge in [0.2, 0.25) is 5.60 Å². The number of fused-ring (bicyclic) bond motifs is 2. The molecule has 0 spiro atoms. The van der Waals surface area contributed by atoms with Crippen molar-refractivity contribution in [3.8, 4) is 6.07 Å². The monoisotopic (exact) mass is 530 g/mol. The summed E-state index contributed by atoms with van der Waals surface area (Å²) in [6, 6.07) is 6.36. The molecule has 1 amide bonds. The van der Waals surface area contributed by atoms with Crippen molar-refractivity contribution in [2.24, 2.45) is 7.05 Å². The number of amides is 1. The molecule has 3 heterocycles. The Hall–Kier alpha value is -3.28. The summed E-state index contributed by atoms with van der Waals surface area (Å²) in [6.07, 6.45) is -2.08. The highest BCUT2D eigenvalue weighted by atomic mass is 31.2. The van der Waals surface area contributed by atoms with E-state index in [4.69, 9.17) is 24.5 Å². The van der Waals surface area contributed by atoms with Gasteiger partial charge in [-0.05, 0) is 25.1 Å². The standard InChI is InChI=1S/C20H19F3N6O2.H3O4P/c1-11-8-28(9-13-7-25-19(29(11)13)20(31,10-21)18(22)23)17(30)16-14-4-3-12(6-24)5-15(14)26-27(16)2;1-5(2,3)4/h3-5,7,11,18,31H,8-10H2,1-2H3;(H3,1,2,3,4). The maximum absolute atomic E-state index is 13.3. The SMILES string of the molecule is CC1CN(C(=O)c2c3ccc(C#N)cc3nn2C)Cc2cnc(C(O)(CF)C(F)F)n21.O=P(O)(O)O. The van der Waals surface area contributed by atoms with Crippen molar-refractivity contribution in [2.45, 2.75) is 31.5 Å². The predicted octanol–water partition coefficient (Wildman–Crippen LogP) is 1.35. The van der Waals surface area contributed by atoms with Gasteiger partial charge < -0.3 is 29.3 Å². The first-order valence-corrected chi connectivity index (χ1v) is 11.8. The van der Waals surface area contributed by atoms with Crippen molar-refractivity contribution < 1.29 is 42.3 Å². The minimum Gasteiger partial charge on any atom is -0.374 e. The smallest absolute Gasteiger partial charge is 0.374 e. The second-order valence-corrected chi connectivity index (χ2v) is 9.19. The Morgan fingerprint density at radius 3 is 2.56 bits per heavy atom. The molecule has 194 valence electrons. The van der Waals surface area contributed by atoms with Crippen LogP contribution in [-0.2, 0) is 23.8 Å². The van der Waals surface area contributed by atoms with Gasteiger partial charge in [-0.15, -0.1) is 0 Å². The Morgan fingerprint density at radius 2 is 2.00 bits per heavy atom. The lowest BCUT2D eigenvalue weighted by Crippen LogP contribution is -2.45. The number of benzene rings is 1. The minimum absolute atomic E-state index is 0.0464. The van der Waals surface area contributed by atoms with E-state index in [0.29, 0.717) is 27.9 Å². The van der Waals surface area contributed by atoms with Crippen LogP contribution in [0.5, 0.6) is 0 Å². The number of imidazole rings is 1. The lowest BCUT2D eigenvalue weighted by molar-refractivity contribution is -0.122. The summed E-state index contributed by atoms with van der Waals surface area (Å²) in [5, 5.41) is 24.1. The maximum Gasteiger partial charge on any atom is 0.466 e. The number of phosphoric acid groups is 1. The predicted molar refractivity (Wildman–Crippen MR) is 117 cm³/mol. The number of rotatable bonds is 4. The minimum atomic E-state index is -4.64. The molecule has 16 heteroatoms. The van der Waals surface area contributed by atoms with E-state index < -0.39 is 38.4 Å². The average Bonchev–Trinajstić information content (AvgIpc) is 3.37. The number of nitrogens with zero attached hydrogens (tertiary/aromatic N) is 6. The Morgan fingerprint density at radius 1 is 1.36 bits per heavy atom. The summed E-state index contributed by atoms with van der Waals surface area (Å²) >= 11 is 0. The van der Waals surface area contributed by atoms with Crippen LogP contribution in [0, 0.1) is 11.3 Å². The Bertz CT molecular complexity index is 1370. The zero-order chi connectivity index (χ0) is 27.0. The molecule has 2 atom stereocenters. The van der Waals surface area contributed by atoms with Gasteiger partial charge in [0.15, 0.2) is 0 Å². The van der Waals surface area contributed by atoms with E-state index in [1.54, 1.807) is 32.2 Å². The first kappa shape index (κ1) is 27.3. The summed E-state index contributed by atoms with van der Waals surface area (Å²) in [7, 11) is -3.01. The Kier molecular flexibility index (Phi) is 7.58. The zero-order valence-corrected chi connectivity index (χ0v) is 19.8. The van der Waals surface area contributed by atoms with E-state index >= 15 is 0 Å². The normalized spacial score (nSPS) is 17.2. The summed E-state index contributed by atoms with van der Waals surface area (Å²) in [5.41, 5.74) is -1.34. The molecule has 0 saturated heterocycles. The highest BCUT2D eigenvalue weighted by molar-refractivity contribution is 7.45. The van der Waals surface area contributed by atoms with E-state index in [1.165, 1.54) is 20.3 Å². The fraction of sp³-hybridized carbons (Fsp3) is 0.400. The second kappa shape index (κ2) is 10.00. The van der Waals surface area contributed by atoms with Gasteiger partial charge in [-0.3, -0.25) is 9.48 Å². The van der Waals surface area contributed by atoms with Crippen LogP contribution in [0.15, 0.2) is 24.4 Å². The van der Waals surface area contributed by atoms with Crippen molar-refractivity contribution in [3.05, 3.63) is 47.2 Å². The van der Waals surface area contributed by atoms with E-state index in [0.717, 1.165) is 0 Å². The summed E-state index contributed by atoms with van der Waals surface area (Å²) in [4.78, 5) is 40.3. The number of carbonyl (C=O) groups is 1. The topological polar surface area (TPSA) is 178 Å². The molecule has 4 N–H and O–H groups in total. The second-order valence-electron chi connectivity index (χ2n) is 8.17. The zero-order valence-electron chi connectivity index (χ0n) is 19.0. The molecule has 0 aliphatic carbocycles. The van der Waals surface area contributed by atoms with Crippen LogP contribution in [0.3, 0.4) is 0 Å². The number of carbonyl (C=O) groups excluding carboxylic acids is 1. The van der Waals surface area contributed by atoms with Gasteiger partial charge in [0.05, 0.1) is 41.6 Å². The lowest BCUT2D eigenvalue weighted by Gasteiger charge is -2.35. The molecule has 36 heavy (non-hydrogen) atoms. The third-order valence-electron chi connectivity index (χ3n) is 5.56. The van der Waals surface area contributed by atoms with Crippen LogP contribution in [0.25, 0.3) is 10.9 Å². The molecule has 4 rings (SSSR count). The molecule has 0 bridgehead atoms. The number of nitriles is 1. The van der Waals surface area contributed by atoms with Crippen molar-refractivity contribution in [1.82, 2.24) is 24.2 Å². The number of aryl methyl sites for hydroxylation is 1. The Labute approximate surface area is 202 Å². The third-order valence-corrected chi connectivity index (χ3v) is 5.56. The molecular weight excluding hydrogens is 508 g/mol. The average molecular weight is 530 g/mol. The van der Waals surface area contributed by atoms with Crippen molar-refractivity contribution in [2.75, 3.05) is 13.2 Å². The van der Waals surface area contributed by atoms with Gasteiger partial charge in [-0.2, -0.15) is 10.4 Å². The van der Waals surface area contributed by atoms with E-state index in [1.807, 2.05) is 6.07 Å². The van der Waals surface area contributed by atoms with Crippen molar-refractivity contribution >= 4 is 24.6 Å². The molecule has 1 aliphatic rings. The molecule has 1 aliphatic heterocycles. The third kappa shape index (κ3) is 5.28. The first-order valence-electron chi connectivity index (χ1n) is 10.3. The number of aromatic nitrogens is 4. The Balaban J connectivity index is 0.000000658. The molecule has 2 unspecified atom stereocenters. The van der Waals surface area contributed by atoms with Crippen LogP contribution in [0.1, 0.15) is 40.5 Å². The molecule has 0 saturated carbocycles.